The van der Waals surface area contributed by atoms with Crippen molar-refractivity contribution >= 4 is 0 Å². The van der Waals surface area contributed by atoms with Gasteiger partial charge >= 0.3 is 0 Å². The molecular weight excluding hydrogens is 168 g/mol. The third kappa shape index (κ3) is 7.77. The Balaban J connectivity index is 0. The summed E-state index contributed by atoms with van der Waals surface area (Å²) in [7, 11) is 0. The van der Waals surface area contributed by atoms with E-state index in [1.165, 1.54) is 6.08 Å². The van der Waals surface area contributed by atoms with Gasteiger partial charge in [-0.15, -0.1) is 12.2 Å². The summed E-state index contributed by atoms with van der Waals surface area (Å²) in [5.74, 6) is -0.461. The third-order valence-corrected chi connectivity index (χ3v) is 0.542. The van der Waals surface area contributed by atoms with Gasteiger partial charge in [0.15, 0.2) is 0 Å². The molecule has 0 amide bonds. The van der Waals surface area contributed by atoms with Crippen LogP contribution in [0.2, 0.25) is 0 Å². The average molecular weight is 177 g/mol. The summed E-state index contributed by atoms with van der Waals surface area (Å²) < 4.78 is 12.0. The van der Waals surface area contributed by atoms with E-state index in [1.54, 1.807) is 6.92 Å². The van der Waals surface area contributed by atoms with Crippen molar-refractivity contribution < 1.29 is 23.9 Å². The normalized spacial score (nSPS) is 9.78. The molecule has 46 valence electrons. The van der Waals surface area contributed by atoms with Crippen LogP contribution in [-0.4, -0.2) is 0 Å². The van der Waals surface area contributed by atoms with Crippen LogP contribution in [0.15, 0.2) is 30.6 Å². The maximum absolute atomic E-state index is 12.0. The van der Waals surface area contributed by atoms with Gasteiger partial charge in [0.05, 0.1) is 0 Å². The van der Waals surface area contributed by atoms with Crippen LogP contribution >= 0.6 is 0 Å². The minimum Gasteiger partial charge on any atom is -0.250 e. The van der Waals surface area contributed by atoms with Gasteiger partial charge in [0.2, 0.25) is 0 Å². The van der Waals surface area contributed by atoms with Crippen LogP contribution in [0, 0.1) is 6.08 Å². The molecule has 0 fully saturated rings. The van der Waals surface area contributed by atoms with Crippen molar-refractivity contribution in [1.29, 1.82) is 0 Å². The first kappa shape index (κ1) is 11.6. The summed E-state index contributed by atoms with van der Waals surface area (Å²) >= 11 is 0. The van der Waals surface area contributed by atoms with E-state index in [9.17, 15) is 4.39 Å². The molecule has 0 aliphatic carbocycles. The second-order valence-corrected chi connectivity index (χ2v) is 1.52. The number of allylic oxidation sites excluding steroid dienone is 4. The molecule has 0 spiro atoms. The summed E-state index contributed by atoms with van der Waals surface area (Å²) in [5, 5.41) is 0. The minimum atomic E-state index is -0.461. The molecule has 0 radical (unpaired) electrons. The van der Waals surface area contributed by atoms with E-state index in [0.29, 0.717) is 5.57 Å². The SMILES string of the molecule is C=[C-]/C(F)=C\C(=C)C.[Zn]. The van der Waals surface area contributed by atoms with Crippen molar-refractivity contribution in [2.45, 2.75) is 6.92 Å². The van der Waals surface area contributed by atoms with Gasteiger partial charge in [0.1, 0.15) is 0 Å². The first-order valence-electron chi connectivity index (χ1n) is 2.22. The zero-order valence-corrected chi connectivity index (χ0v) is 8.54. The van der Waals surface area contributed by atoms with Gasteiger partial charge in [-0.3, -0.25) is 0 Å². The number of halogens is 1. The maximum Gasteiger partial charge on any atom is 0 e. The van der Waals surface area contributed by atoms with E-state index in [4.69, 9.17) is 0 Å². The predicted molar refractivity (Wildman–Crippen MR) is 32.9 cm³/mol. The van der Waals surface area contributed by atoms with E-state index in [0.717, 1.165) is 0 Å². The van der Waals surface area contributed by atoms with Crippen LogP contribution in [0.3, 0.4) is 0 Å². The first-order chi connectivity index (χ1) is 3.66. The molecule has 0 aromatic heterocycles. The van der Waals surface area contributed by atoms with Crippen molar-refractivity contribution in [3.8, 4) is 0 Å². The number of rotatable bonds is 2. The molecule has 0 aliphatic rings. The van der Waals surface area contributed by atoms with Crippen molar-refractivity contribution in [1.82, 2.24) is 0 Å². The van der Waals surface area contributed by atoms with Crippen LogP contribution in [-0.2, 0) is 19.5 Å². The van der Waals surface area contributed by atoms with Crippen molar-refractivity contribution in [2.75, 3.05) is 0 Å². The van der Waals surface area contributed by atoms with Crippen LogP contribution in [0.5, 0.6) is 0 Å². The minimum absolute atomic E-state index is 0. The van der Waals surface area contributed by atoms with Gasteiger partial charge in [-0.1, -0.05) is 6.92 Å². The van der Waals surface area contributed by atoms with Crippen LogP contribution in [0.4, 0.5) is 4.39 Å². The Kier molecular flexibility index (Phi) is 7.58. The monoisotopic (exact) mass is 175 g/mol. The number of hydrogen-bond donors (Lipinski definition) is 0. The van der Waals surface area contributed by atoms with Gasteiger partial charge in [0.25, 0.3) is 0 Å². The quantitative estimate of drug-likeness (QED) is 0.344. The molecule has 0 aromatic rings. The Labute approximate surface area is 67.9 Å². The fourth-order valence-electron chi connectivity index (χ4n) is 0.267. The van der Waals surface area contributed by atoms with E-state index in [1.807, 2.05) is 0 Å². The predicted octanol–water partition coefficient (Wildman–Crippen LogP) is 2.40. The molecule has 0 nitrogen and oxygen atoms in total. The number of hydrogen-bond acceptors (Lipinski definition) is 0. The van der Waals surface area contributed by atoms with Crippen LogP contribution < -0.4 is 0 Å². The largest absolute Gasteiger partial charge is 0.250 e. The van der Waals surface area contributed by atoms with Crippen molar-refractivity contribution in [3.05, 3.63) is 36.7 Å². The van der Waals surface area contributed by atoms with Crippen LogP contribution in [0.1, 0.15) is 6.92 Å². The average Bonchev–Trinajstić information content (AvgIpc) is 1.65. The molecule has 0 aliphatic heterocycles. The third-order valence-electron chi connectivity index (χ3n) is 0.542. The summed E-state index contributed by atoms with van der Waals surface area (Å²) in [6, 6.07) is 0. The van der Waals surface area contributed by atoms with E-state index in [-0.39, 0.29) is 19.5 Å². The summed E-state index contributed by atoms with van der Waals surface area (Å²) in [5.41, 5.74) is 0.665. The van der Waals surface area contributed by atoms with E-state index >= 15 is 0 Å². The second-order valence-electron chi connectivity index (χ2n) is 1.52. The van der Waals surface area contributed by atoms with Crippen LogP contribution in [0.25, 0.3) is 0 Å². The van der Waals surface area contributed by atoms with E-state index in [2.05, 4.69) is 19.2 Å². The first-order valence-corrected chi connectivity index (χ1v) is 2.22. The fraction of sp³-hybridized carbons (Fsp3) is 0.143. The topological polar surface area (TPSA) is 0 Å². The van der Waals surface area contributed by atoms with Gasteiger partial charge in [-0.05, 0) is 5.83 Å². The maximum atomic E-state index is 12.0. The molecule has 0 aromatic carbocycles. The molecule has 0 atom stereocenters. The van der Waals surface area contributed by atoms with Crippen molar-refractivity contribution in [3.63, 3.8) is 0 Å². The Hall–Kier alpha value is -0.227. The summed E-state index contributed by atoms with van der Waals surface area (Å²) in [4.78, 5) is 0. The summed E-state index contributed by atoms with van der Waals surface area (Å²) in [6.07, 6.45) is 3.35. The summed E-state index contributed by atoms with van der Waals surface area (Å²) in [6.45, 7) is 8.27. The van der Waals surface area contributed by atoms with E-state index < -0.39 is 5.83 Å². The molecule has 2 heteroatoms. The molecule has 0 rings (SSSR count). The molecule has 0 saturated heterocycles. The van der Waals surface area contributed by atoms with Crippen molar-refractivity contribution in [2.24, 2.45) is 0 Å². The standard InChI is InChI=1S/C7H8F.Zn/c1-4-7(8)5-6(2)3;/h5H,1-2H2,3H3;/q-1;/b7-5+;. The molecule has 0 N–H and O–H groups in total. The van der Waals surface area contributed by atoms with Gasteiger partial charge in [-0.2, -0.15) is 12.7 Å². The fourth-order valence-corrected chi connectivity index (χ4v) is 0.267. The smallest absolute Gasteiger partial charge is 0 e. The zero-order valence-electron chi connectivity index (χ0n) is 5.58. The van der Waals surface area contributed by atoms with Gasteiger partial charge < -0.3 is 0 Å². The second kappa shape index (κ2) is 5.90. The molecule has 9 heavy (non-hydrogen) atoms. The molecule has 0 unspecified atom stereocenters. The zero-order chi connectivity index (χ0) is 6.57. The van der Waals surface area contributed by atoms with Gasteiger partial charge in [0, 0.05) is 19.5 Å². The molecule has 0 saturated carbocycles. The Bertz CT molecular complexity index is 136. The Morgan fingerprint density at radius 3 is 2.22 bits per heavy atom. The Morgan fingerprint density at radius 2 is 2.11 bits per heavy atom. The molecule has 0 heterocycles. The van der Waals surface area contributed by atoms with Gasteiger partial charge in [-0.25, -0.2) is 10.5 Å². The molecule has 0 bridgehead atoms. The molecular formula is C7H8FZn-. The Morgan fingerprint density at radius 1 is 1.67 bits per heavy atom.